The first-order valence-corrected chi connectivity index (χ1v) is 4.46. The van der Waals surface area contributed by atoms with E-state index in [9.17, 15) is 18.0 Å². The Kier molecular flexibility index (Phi) is 2.43. The Morgan fingerprint density at radius 3 is 2.12 bits per heavy atom. The number of nitrogens with one attached hydrogen (secondary N) is 2. The third-order valence-electron chi connectivity index (χ3n) is 1.91. The number of hydrogen-bond acceptors (Lipinski definition) is 2. The Labute approximate surface area is 91.3 Å². The van der Waals surface area contributed by atoms with E-state index in [2.05, 4.69) is 10.2 Å². The number of rotatable bonds is 1. The molecule has 0 spiro atoms. The van der Waals surface area contributed by atoms with Crippen molar-refractivity contribution in [1.82, 2.24) is 14.8 Å². The maximum absolute atomic E-state index is 12.9. The third kappa shape index (κ3) is 1.56. The van der Waals surface area contributed by atoms with Gasteiger partial charge in [-0.15, -0.1) is 0 Å². The summed E-state index contributed by atoms with van der Waals surface area (Å²) in [6.45, 7) is 0. The highest BCUT2D eigenvalue weighted by molar-refractivity contribution is 7.71. The van der Waals surface area contributed by atoms with E-state index in [1.807, 2.05) is 0 Å². The second kappa shape index (κ2) is 3.63. The van der Waals surface area contributed by atoms with Gasteiger partial charge in [-0.1, -0.05) is 0 Å². The van der Waals surface area contributed by atoms with Gasteiger partial charge in [0.25, 0.3) is 0 Å². The molecule has 0 radical (unpaired) electrons. The summed E-state index contributed by atoms with van der Waals surface area (Å²) in [5, 5.41) is 4.42. The van der Waals surface area contributed by atoms with Crippen LogP contribution in [0.15, 0.2) is 16.9 Å². The number of nitrogens with zero attached hydrogens (tertiary/aromatic N) is 1. The van der Waals surface area contributed by atoms with Crippen LogP contribution in [0.3, 0.4) is 0 Å². The average molecular weight is 247 g/mol. The molecule has 8 heteroatoms. The molecule has 84 valence electrons. The van der Waals surface area contributed by atoms with Crippen molar-refractivity contribution in [1.29, 1.82) is 0 Å². The van der Waals surface area contributed by atoms with Crippen molar-refractivity contribution in [3.63, 3.8) is 0 Å². The molecular weight excluding hydrogens is 243 g/mol. The third-order valence-corrected chi connectivity index (χ3v) is 2.19. The van der Waals surface area contributed by atoms with Crippen molar-refractivity contribution in [2.75, 3.05) is 0 Å². The van der Waals surface area contributed by atoms with Crippen molar-refractivity contribution < 1.29 is 13.2 Å². The number of H-pyrrole nitrogens is 2. The molecule has 0 fully saturated rings. The maximum atomic E-state index is 12.9. The molecule has 1 aromatic carbocycles. The predicted molar refractivity (Wildman–Crippen MR) is 51.4 cm³/mol. The monoisotopic (exact) mass is 247 g/mol. The zero-order chi connectivity index (χ0) is 11.9. The lowest BCUT2D eigenvalue weighted by Gasteiger charge is -2.02. The van der Waals surface area contributed by atoms with E-state index >= 15 is 0 Å². The summed E-state index contributed by atoms with van der Waals surface area (Å²) < 4.78 is 39.2. The van der Waals surface area contributed by atoms with Gasteiger partial charge in [-0.25, -0.2) is 27.6 Å². The van der Waals surface area contributed by atoms with Gasteiger partial charge in [-0.05, 0) is 12.2 Å². The van der Waals surface area contributed by atoms with Gasteiger partial charge >= 0.3 is 5.69 Å². The second-order valence-electron chi connectivity index (χ2n) is 2.92. The molecule has 0 atom stereocenters. The van der Waals surface area contributed by atoms with Crippen LogP contribution >= 0.6 is 12.2 Å². The van der Waals surface area contributed by atoms with Crippen molar-refractivity contribution >= 4 is 12.2 Å². The normalized spacial score (nSPS) is 10.7. The number of aromatic amines is 2. The molecule has 0 bridgehead atoms. The van der Waals surface area contributed by atoms with Gasteiger partial charge in [0.1, 0.15) is 0 Å². The van der Waals surface area contributed by atoms with E-state index in [1.165, 1.54) is 0 Å². The largest absolute Gasteiger partial charge is 0.347 e. The zero-order valence-electron chi connectivity index (χ0n) is 7.55. The van der Waals surface area contributed by atoms with E-state index in [-0.39, 0.29) is 10.5 Å². The number of hydrogen-bond donors (Lipinski definition) is 2. The van der Waals surface area contributed by atoms with E-state index in [0.29, 0.717) is 12.1 Å². The van der Waals surface area contributed by atoms with E-state index < -0.39 is 23.1 Å². The standard InChI is InChI=1S/C8H4F3N3OS/c9-4-1-3(2-5(10)6(4)11)14-7(15)12-13-8(14)16/h1-2H,(H,12,15)(H,13,16). The molecule has 0 aliphatic heterocycles. The molecule has 0 aliphatic rings. The van der Waals surface area contributed by atoms with Crippen LogP contribution in [0.25, 0.3) is 5.69 Å². The fourth-order valence-corrected chi connectivity index (χ4v) is 1.46. The topological polar surface area (TPSA) is 53.6 Å². The Bertz CT molecular complexity index is 607. The molecule has 2 aromatic rings. The lowest BCUT2D eigenvalue weighted by atomic mass is 10.3. The highest BCUT2D eigenvalue weighted by atomic mass is 32.1. The van der Waals surface area contributed by atoms with Gasteiger partial charge in [0.15, 0.2) is 17.5 Å². The number of halogens is 3. The molecule has 0 amide bonds. The predicted octanol–water partition coefficient (Wildman–Crippen LogP) is 1.64. The van der Waals surface area contributed by atoms with E-state index in [1.54, 1.807) is 0 Å². The molecule has 0 saturated carbocycles. The fourth-order valence-electron chi connectivity index (χ4n) is 1.22. The summed E-state index contributed by atoms with van der Waals surface area (Å²) in [7, 11) is 0. The molecule has 0 unspecified atom stereocenters. The summed E-state index contributed by atoms with van der Waals surface area (Å²) >= 11 is 4.71. The minimum absolute atomic E-state index is 0.0737. The van der Waals surface area contributed by atoms with E-state index in [4.69, 9.17) is 12.2 Å². The summed E-state index contributed by atoms with van der Waals surface area (Å²) in [6.07, 6.45) is 0. The quantitative estimate of drug-likeness (QED) is 0.594. The van der Waals surface area contributed by atoms with Crippen molar-refractivity contribution in [2.24, 2.45) is 0 Å². The summed E-state index contributed by atoms with van der Waals surface area (Å²) in [4.78, 5) is 11.2. The van der Waals surface area contributed by atoms with Crippen molar-refractivity contribution in [3.8, 4) is 5.69 Å². The summed E-state index contributed by atoms with van der Waals surface area (Å²) in [5.41, 5.74) is -0.890. The summed E-state index contributed by atoms with van der Waals surface area (Å²) in [6, 6.07) is 1.36. The van der Waals surface area contributed by atoms with Crippen LogP contribution in [0, 0.1) is 22.2 Å². The van der Waals surface area contributed by atoms with Gasteiger partial charge in [0.2, 0.25) is 4.77 Å². The lowest BCUT2D eigenvalue weighted by Crippen LogP contribution is -2.15. The van der Waals surface area contributed by atoms with Crippen LogP contribution in [-0.4, -0.2) is 14.8 Å². The van der Waals surface area contributed by atoms with Crippen molar-refractivity contribution in [3.05, 3.63) is 44.8 Å². The van der Waals surface area contributed by atoms with Gasteiger partial charge in [-0.2, -0.15) is 0 Å². The molecule has 1 heterocycles. The Hall–Kier alpha value is -1.83. The van der Waals surface area contributed by atoms with E-state index in [0.717, 1.165) is 4.57 Å². The molecule has 2 rings (SSSR count). The fraction of sp³-hybridized carbons (Fsp3) is 0. The number of aromatic nitrogens is 3. The van der Waals surface area contributed by atoms with Crippen LogP contribution in [0.4, 0.5) is 13.2 Å². The van der Waals surface area contributed by atoms with Crippen LogP contribution < -0.4 is 5.69 Å². The van der Waals surface area contributed by atoms with Crippen molar-refractivity contribution in [2.45, 2.75) is 0 Å². The van der Waals surface area contributed by atoms with Crippen LogP contribution in [0.5, 0.6) is 0 Å². The Morgan fingerprint density at radius 2 is 1.69 bits per heavy atom. The van der Waals surface area contributed by atoms with Gasteiger partial charge in [-0.3, -0.25) is 5.10 Å². The van der Waals surface area contributed by atoms with Crippen LogP contribution in [0.1, 0.15) is 0 Å². The smallest absolute Gasteiger partial charge is 0.272 e. The maximum Gasteiger partial charge on any atom is 0.347 e. The first-order valence-electron chi connectivity index (χ1n) is 4.05. The van der Waals surface area contributed by atoms with Crippen LogP contribution in [-0.2, 0) is 0 Å². The Morgan fingerprint density at radius 1 is 1.12 bits per heavy atom. The molecule has 1 aromatic heterocycles. The number of benzene rings is 1. The zero-order valence-corrected chi connectivity index (χ0v) is 8.37. The van der Waals surface area contributed by atoms with Gasteiger partial charge < -0.3 is 0 Å². The molecular formula is C8H4F3N3OS. The molecule has 4 nitrogen and oxygen atoms in total. The second-order valence-corrected chi connectivity index (χ2v) is 3.31. The van der Waals surface area contributed by atoms with Gasteiger partial charge in [0.05, 0.1) is 5.69 Å². The molecule has 16 heavy (non-hydrogen) atoms. The highest BCUT2D eigenvalue weighted by Gasteiger charge is 2.13. The average Bonchev–Trinajstić information content (AvgIpc) is 2.54. The highest BCUT2D eigenvalue weighted by Crippen LogP contribution is 2.15. The minimum atomic E-state index is -1.60. The first kappa shape index (κ1) is 10.7. The summed E-state index contributed by atoms with van der Waals surface area (Å²) in [5.74, 6) is -4.38. The molecule has 0 saturated heterocycles. The SMILES string of the molecule is O=c1[nH][nH]c(=S)n1-c1cc(F)c(F)c(F)c1. The first-order chi connectivity index (χ1) is 7.50. The molecule has 0 aliphatic carbocycles. The minimum Gasteiger partial charge on any atom is -0.272 e. The lowest BCUT2D eigenvalue weighted by molar-refractivity contribution is 0.446. The Balaban J connectivity index is 2.76. The molecule has 2 N–H and O–H groups in total. The van der Waals surface area contributed by atoms with Gasteiger partial charge in [0, 0.05) is 12.1 Å². The van der Waals surface area contributed by atoms with Crippen LogP contribution in [0.2, 0.25) is 0 Å².